The second-order valence-corrected chi connectivity index (χ2v) is 5.35. The van der Waals surface area contributed by atoms with Crippen molar-refractivity contribution < 1.29 is 8.42 Å². The van der Waals surface area contributed by atoms with Crippen molar-refractivity contribution in [2.24, 2.45) is 5.73 Å². The molecule has 0 amide bonds. The molecule has 1 aliphatic carbocycles. The number of rotatable bonds is 1. The lowest BCUT2D eigenvalue weighted by atomic mass is 10.3. The summed E-state index contributed by atoms with van der Waals surface area (Å²) in [4.78, 5) is 0. The van der Waals surface area contributed by atoms with Gasteiger partial charge in [0, 0.05) is 12.3 Å². The van der Waals surface area contributed by atoms with Gasteiger partial charge in [0.05, 0.1) is 5.25 Å². The van der Waals surface area contributed by atoms with Crippen molar-refractivity contribution in [3.05, 3.63) is 0 Å². The molecule has 0 unspecified atom stereocenters. The summed E-state index contributed by atoms with van der Waals surface area (Å²) in [5.41, 5.74) is 5.56. The van der Waals surface area contributed by atoms with Crippen LogP contribution < -0.4 is 5.73 Å². The van der Waals surface area contributed by atoms with Crippen LogP contribution in [0.3, 0.4) is 0 Å². The fourth-order valence-electron chi connectivity index (χ4n) is 1.36. The summed E-state index contributed by atoms with van der Waals surface area (Å²) in [6.45, 7) is 0. The van der Waals surface area contributed by atoms with Gasteiger partial charge in [-0.2, -0.15) is 0 Å². The molecule has 0 spiro atoms. The summed E-state index contributed by atoms with van der Waals surface area (Å²) in [5, 5.41) is -0.164. The molecule has 0 heterocycles. The molecule has 1 saturated carbocycles. The fourth-order valence-corrected chi connectivity index (χ4v) is 2.52. The average Bonchev–Trinajstić information content (AvgIpc) is 2.11. The third-order valence-corrected chi connectivity index (χ3v) is 3.67. The van der Waals surface area contributed by atoms with Crippen LogP contribution >= 0.6 is 0 Å². The van der Waals surface area contributed by atoms with Crippen LogP contribution in [0.5, 0.6) is 0 Å². The van der Waals surface area contributed by atoms with E-state index in [1.165, 1.54) is 6.26 Å². The minimum atomic E-state index is -2.82. The van der Waals surface area contributed by atoms with E-state index >= 15 is 0 Å². The second-order valence-electron chi connectivity index (χ2n) is 3.02. The quantitative estimate of drug-likeness (QED) is 0.587. The SMILES string of the molecule is CS(=O)(=O)[C@H]1CC[C@@H](N)C1. The van der Waals surface area contributed by atoms with Crippen molar-refractivity contribution in [1.29, 1.82) is 0 Å². The molecule has 60 valence electrons. The van der Waals surface area contributed by atoms with Crippen LogP contribution in [0.4, 0.5) is 0 Å². The third-order valence-electron chi connectivity index (χ3n) is 2.03. The van der Waals surface area contributed by atoms with E-state index in [9.17, 15) is 8.42 Å². The summed E-state index contributed by atoms with van der Waals surface area (Å²) < 4.78 is 21.8. The lowest BCUT2D eigenvalue weighted by molar-refractivity contribution is 0.584. The van der Waals surface area contributed by atoms with Crippen LogP contribution in [-0.4, -0.2) is 26.0 Å². The van der Waals surface area contributed by atoms with Crippen LogP contribution in [0.2, 0.25) is 0 Å². The lowest BCUT2D eigenvalue weighted by Crippen LogP contribution is -2.20. The summed E-state index contributed by atoms with van der Waals surface area (Å²) >= 11 is 0. The maximum Gasteiger partial charge on any atom is 0.150 e. The van der Waals surface area contributed by atoms with E-state index in [0.717, 1.165) is 12.8 Å². The van der Waals surface area contributed by atoms with Crippen molar-refractivity contribution in [2.75, 3.05) is 6.26 Å². The average molecular weight is 163 g/mol. The smallest absolute Gasteiger partial charge is 0.150 e. The molecule has 0 aromatic heterocycles. The van der Waals surface area contributed by atoms with Gasteiger partial charge in [-0.05, 0) is 19.3 Å². The van der Waals surface area contributed by atoms with E-state index in [4.69, 9.17) is 5.73 Å². The Morgan fingerprint density at radius 2 is 2.00 bits per heavy atom. The van der Waals surface area contributed by atoms with Gasteiger partial charge in [-0.25, -0.2) is 8.42 Å². The molecule has 1 rings (SSSR count). The molecule has 3 nitrogen and oxygen atoms in total. The Labute approximate surface area is 61.5 Å². The first-order chi connectivity index (χ1) is 4.50. The fraction of sp³-hybridized carbons (Fsp3) is 1.00. The molecule has 10 heavy (non-hydrogen) atoms. The number of hydrogen-bond acceptors (Lipinski definition) is 3. The predicted molar refractivity (Wildman–Crippen MR) is 40.5 cm³/mol. The Hall–Kier alpha value is -0.0900. The Kier molecular flexibility index (Phi) is 2.01. The highest BCUT2D eigenvalue weighted by Gasteiger charge is 2.29. The van der Waals surface area contributed by atoms with Crippen molar-refractivity contribution >= 4 is 9.84 Å². The van der Waals surface area contributed by atoms with Crippen molar-refractivity contribution in [3.63, 3.8) is 0 Å². The van der Waals surface area contributed by atoms with Crippen molar-refractivity contribution in [3.8, 4) is 0 Å². The topological polar surface area (TPSA) is 60.2 Å². The molecule has 2 atom stereocenters. The minimum Gasteiger partial charge on any atom is -0.328 e. The summed E-state index contributed by atoms with van der Waals surface area (Å²) in [6, 6.07) is 0.111. The molecule has 1 fully saturated rings. The van der Waals surface area contributed by atoms with Gasteiger partial charge >= 0.3 is 0 Å². The van der Waals surface area contributed by atoms with Gasteiger partial charge in [0.15, 0.2) is 0 Å². The van der Waals surface area contributed by atoms with E-state index in [1.807, 2.05) is 0 Å². The van der Waals surface area contributed by atoms with Crippen LogP contribution in [-0.2, 0) is 9.84 Å². The molecular formula is C6H13NO2S. The zero-order valence-electron chi connectivity index (χ0n) is 6.08. The van der Waals surface area contributed by atoms with Crippen molar-refractivity contribution in [2.45, 2.75) is 30.6 Å². The minimum absolute atomic E-state index is 0.111. The zero-order valence-corrected chi connectivity index (χ0v) is 6.89. The van der Waals surface area contributed by atoms with Gasteiger partial charge in [-0.15, -0.1) is 0 Å². The van der Waals surface area contributed by atoms with Crippen LogP contribution in [0, 0.1) is 0 Å². The molecule has 1 aliphatic rings. The number of nitrogens with two attached hydrogens (primary N) is 1. The van der Waals surface area contributed by atoms with Crippen molar-refractivity contribution in [1.82, 2.24) is 0 Å². The van der Waals surface area contributed by atoms with E-state index in [0.29, 0.717) is 6.42 Å². The molecule has 0 aliphatic heterocycles. The molecule has 0 aromatic carbocycles. The normalized spacial score (nSPS) is 34.6. The monoisotopic (exact) mass is 163 g/mol. The number of sulfone groups is 1. The number of hydrogen-bond donors (Lipinski definition) is 1. The van der Waals surface area contributed by atoms with Gasteiger partial charge in [-0.1, -0.05) is 0 Å². The van der Waals surface area contributed by atoms with Crippen LogP contribution in [0.1, 0.15) is 19.3 Å². The first kappa shape index (κ1) is 8.01. The lowest BCUT2D eigenvalue weighted by Gasteiger charge is -2.04. The van der Waals surface area contributed by atoms with Gasteiger partial charge in [-0.3, -0.25) is 0 Å². The third kappa shape index (κ3) is 1.70. The Balaban J connectivity index is 2.62. The maximum absolute atomic E-state index is 10.9. The Bertz CT molecular complexity index is 210. The Morgan fingerprint density at radius 1 is 1.40 bits per heavy atom. The molecular weight excluding hydrogens is 150 g/mol. The molecule has 4 heteroatoms. The van der Waals surface area contributed by atoms with Gasteiger partial charge < -0.3 is 5.73 Å². The highest BCUT2D eigenvalue weighted by Crippen LogP contribution is 2.22. The molecule has 0 aromatic rings. The van der Waals surface area contributed by atoms with Gasteiger partial charge in [0.2, 0.25) is 0 Å². The largest absolute Gasteiger partial charge is 0.328 e. The second kappa shape index (κ2) is 2.51. The molecule has 0 bridgehead atoms. The Morgan fingerprint density at radius 3 is 2.20 bits per heavy atom. The molecule has 0 saturated heterocycles. The van der Waals surface area contributed by atoms with Crippen LogP contribution in [0.25, 0.3) is 0 Å². The summed E-state index contributed by atoms with van der Waals surface area (Å²) in [7, 11) is -2.82. The first-order valence-electron chi connectivity index (χ1n) is 3.44. The highest BCUT2D eigenvalue weighted by molar-refractivity contribution is 7.91. The zero-order chi connectivity index (χ0) is 7.78. The van der Waals surface area contributed by atoms with Crippen LogP contribution in [0.15, 0.2) is 0 Å². The predicted octanol–water partition coefficient (Wildman–Crippen LogP) is -0.0892. The standard InChI is InChI=1S/C6H13NO2S/c1-10(8,9)6-3-2-5(7)4-6/h5-6H,2-4,7H2,1H3/t5-,6+/m1/s1. The first-order valence-corrected chi connectivity index (χ1v) is 5.40. The molecule has 0 radical (unpaired) electrons. The van der Waals surface area contributed by atoms with E-state index in [-0.39, 0.29) is 11.3 Å². The maximum atomic E-state index is 10.9. The van der Waals surface area contributed by atoms with Gasteiger partial charge in [0.1, 0.15) is 9.84 Å². The highest BCUT2D eigenvalue weighted by atomic mass is 32.2. The summed E-state index contributed by atoms with van der Waals surface area (Å²) in [6.07, 6.45) is 3.55. The van der Waals surface area contributed by atoms with E-state index in [1.54, 1.807) is 0 Å². The van der Waals surface area contributed by atoms with E-state index < -0.39 is 9.84 Å². The molecule has 2 N–H and O–H groups in total. The van der Waals surface area contributed by atoms with Gasteiger partial charge in [0.25, 0.3) is 0 Å². The van der Waals surface area contributed by atoms with E-state index in [2.05, 4.69) is 0 Å². The summed E-state index contributed by atoms with van der Waals surface area (Å²) in [5.74, 6) is 0.